The zero-order chi connectivity index (χ0) is 20.6. The molecule has 1 N–H and O–H groups in total. The smallest absolute Gasteiger partial charge is 0.245 e. The number of benzene rings is 2. The molecule has 2 aromatic rings. The van der Waals surface area contributed by atoms with Crippen molar-refractivity contribution in [3.8, 4) is 0 Å². The molecular formula is C24H31N3O2. The van der Waals surface area contributed by atoms with Gasteiger partial charge in [0, 0.05) is 26.6 Å². The summed E-state index contributed by atoms with van der Waals surface area (Å²) in [4.78, 5) is 30.2. The highest BCUT2D eigenvalue weighted by molar-refractivity contribution is 5.90. The molecule has 0 bridgehead atoms. The Morgan fingerprint density at radius 3 is 1.97 bits per heavy atom. The minimum absolute atomic E-state index is 0.0511. The summed E-state index contributed by atoms with van der Waals surface area (Å²) in [7, 11) is 3.56. The number of likely N-dealkylation sites (N-methyl/N-ethyl adjacent to an activating group) is 2. The Bertz CT molecular complexity index is 788. The van der Waals surface area contributed by atoms with Gasteiger partial charge in [-0.3, -0.25) is 9.59 Å². The lowest BCUT2D eigenvalue weighted by atomic mass is 10.0. The maximum absolute atomic E-state index is 13.3. The van der Waals surface area contributed by atoms with E-state index in [0.717, 1.165) is 37.1 Å². The van der Waals surface area contributed by atoms with Crippen molar-refractivity contribution < 1.29 is 9.59 Å². The molecule has 0 saturated carbocycles. The molecule has 2 aromatic carbocycles. The molecule has 3 rings (SSSR count). The van der Waals surface area contributed by atoms with Crippen molar-refractivity contribution in [3.63, 3.8) is 0 Å². The van der Waals surface area contributed by atoms with E-state index in [4.69, 9.17) is 0 Å². The summed E-state index contributed by atoms with van der Waals surface area (Å²) in [6.45, 7) is 1.57. The van der Waals surface area contributed by atoms with Gasteiger partial charge in [-0.2, -0.15) is 0 Å². The Kier molecular flexibility index (Phi) is 7.42. The van der Waals surface area contributed by atoms with Gasteiger partial charge in [0.2, 0.25) is 11.8 Å². The van der Waals surface area contributed by atoms with Crippen LogP contribution in [-0.2, 0) is 22.4 Å². The fourth-order valence-electron chi connectivity index (χ4n) is 3.94. The molecule has 2 atom stereocenters. The molecule has 1 saturated heterocycles. The summed E-state index contributed by atoms with van der Waals surface area (Å²) in [5.74, 6) is 0.00148. The van der Waals surface area contributed by atoms with E-state index < -0.39 is 6.04 Å². The van der Waals surface area contributed by atoms with Crippen LogP contribution >= 0.6 is 0 Å². The normalized spacial score (nSPS) is 15.7. The molecule has 0 unspecified atom stereocenters. The summed E-state index contributed by atoms with van der Waals surface area (Å²) < 4.78 is 0. The topological polar surface area (TPSA) is 52.7 Å². The first-order valence-electron chi connectivity index (χ1n) is 10.4. The van der Waals surface area contributed by atoms with Gasteiger partial charge in [0.15, 0.2) is 0 Å². The molecule has 0 aliphatic carbocycles. The van der Waals surface area contributed by atoms with Crippen LogP contribution in [0, 0.1) is 0 Å². The van der Waals surface area contributed by atoms with Crippen LogP contribution in [0.3, 0.4) is 0 Å². The van der Waals surface area contributed by atoms with Gasteiger partial charge in [0.25, 0.3) is 0 Å². The number of amides is 2. The predicted octanol–water partition coefficient (Wildman–Crippen LogP) is 2.51. The van der Waals surface area contributed by atoms with Gasteiger partial charge < -0.3 is 15.1 Å². The van der Waals surface area contributed by atoms with Gasteiger partial charge in [0.1, 0.15) is 6.04 Å². The lowest BCUT2D eigenvalue weighted by Crippen LogP contribution is -2.54. The second-order valence-corrected chi connectivity index (χ2v) is 7.72. The molecule has 1 aliphatic rings. The van der Waals surface area contributed by atoms with Gasteiger partial charge in [-0.05, 0) is 37.4 Å². The van der Waals surface area contributed by atoms with E-state index in [1.54, 1.807) is 19.0 Å². The number of carbonyl (C=O) groups is 2. The fourth-order valence-corrected chi connectivity index (χ4v) is 3.94. The van der Waals surface area contributed by atoms with Crippen LogP contribution in [0.15, 0.2) is 60.7 Å². The van der Waals surface area contributed by atoms with Crippen LogP contribution in [0.1, 0.15) is 24.0 Å². The summed E-state index contributed by atoms with van der Waals surface area (Å²) in [6, 6.07) is 19.1. The van der Waals surface area contributed by atoms with E-state index in [1.165, 1.54) is 0 Å². The Hall–Kier alpha value is -2.66. The second kappa shape index (κ2) is 10.2. The molecule has 0 radical (unpaired) electrons. The van der Waals surface area contributed by atoms with Crippen LogP contribution in [0.5, 0.6) is 0 Å². The molecule has 1 fully saturated rings. The number of rotatable bonds is 8. The van der Waals surface area contributed by atoms with E-state index in [-0.39, 0.29) is 17.9 Å². The number of likely N-dealkylation sites (tertiary alicyclic amines) is 1. The van der Waals surface area contributed by atoms with Crippen LogP contribution in [-0.4, -0.2) is 60.9 Å². The number of hydrogen-bond acceptors (Lipinski definition) is 3. The van der Waals surface area contributed by atoms with Crippen molar-refractivity contribution in [2.45, 2.75) is 37.8 Å². The zero-order valence-electron chi connectivity index (χ0n) is 17.4. The van der Waals surface area contributed by atoms with Gasteiger partial charge in [0.05, 0.1) is 6.04 Å². The SMILES string of the molecule is CN[C@@H](Cc1ccccc1)C(=O)N(C)[C@@H](Cc1ccccc1)C(=O)N1CCCC1. The molecule has 5 heteroatoms. The first-order valence-corrected chi connectivity index (χ1v) is 10.4. The summed E-state index contributed by atoms with van der Waals surface area (Å²) in [5, 5.41) is 3.14. The van der Waals surface area contributed by atoms with Gasteiger partial charge >= 0.3 is 0 Å². The van der Waals surface area contributed by atoms with Crippen LogP contribution in [0.4, 0.5) is 0 Å². The number of hydrogen-bond donors (Lipinski definition) is 1. The minimum Gasteiger partial charge on any atom is -0.341 e. The minimum atomic E-state index is -0.491. The summed E-state index contributed by atoms with van der Waals surface area (Å²) >= 11 is 0. The number of carbonyl (C=O) groups excluding carboxylic acids is 2. The van der Waals surface area contributed by atoms with Crippen molar-refractivity contribution in [2.75, 3.05) is 27.2 Å². The molecular weight excluding hydrogens is 362 g/mol. The molecule has 154 valence electrons. The average Bonchev–Trinajstić information content (AvgIpc) is 3.31. The molecule has 0 aromatic heterocycles. The van der Waals surface area contributed by atoms with Gasteiger partial charge in [-0.1, -0.05) is 60.7 Å². The third kappa shape index (κ3) is 5.45. The van der Waals surface area contributed by atoms with Gasteiger partial charge in [-0.15, -0.1) is 0 Å². The highest BCUT2D eigenvalue weighted by atomic mass is 16.2. The monoisotopic (exact) mass is 393 g/mol. The van der Waals surface area contributed by atoms with E-state index in [9.17, 15) is 9.59 Å². The molecule has 2 amide bonds. The van der Waals surface area contributed by atoms with Gasteiger partial charge in [-0.25, -0.2) is 0 Å². The van der Waals surface area contributed by atoms with Crippen molar-refractivity contribution in [1.82, 2.24) is 15.1 Å². The van der Waals surface area contributed by atoms with Crippen molar-refractivity contribution >= 4 is 11.8 Å². The van der Waals surface area contributed by atoms with Crippen molar-refractivity contribution in [1.29, 1.82) is 0 Å². The maximum Gasteiger partial charge on any atom is 0.245 e. The standard InChI is InChI=1S/C24H31N3O2/c1-25-21(17-19-11-5-3-6-12-19)23(28)26(2)22(18-20-13-7-4-8-14-20)24(29)27-15-9-10-16-27/h3-8,11-14,21-22,25H,9-10,15-18H2,1-2H3/t21-,22-/m0/s1. The maximum atomic E-state index is 13.3. The molecule has 5 nitrogen and oxygen atoms in total. The lowest BCUT2D eigenvalue weighted by Gasteiger charge is -2.33. The third-order valence-corrected chi connectivity index (χ3v) is 5.72. The largest absolute Gasteiger partial charge is 0.341 e. The van der Waals surface area contributed by atoms with Crippen LogP contribution in [0.2, 0.25) is 0 Å². The fraction of sp³-hybridized carbons (Fsp3) is 0.417. The lowest BCUT2D eigenvalue weighted by molar-refractivity contribution is -0.144. The Morgan fingerprint density at radius 2 is 1.45 bits per heavy atom. The molecule has 29 heavy (non-hydrogen) atoms. The summed E-state index contributed by atoms with van der Waals surface area (Å²) in [5.41, 5.74) is 2.16. The quantitative estimate of drug-likeness (QED) is 0.750. The van der Waals surface area contributed by atoms with Crippen molar-refractivity contribution in [3.05, 3.63) is 71.8 Å². The Balaban J connectivity index is 1.78. The molecule has 1 aliphatic heterocycles. The number of nitrogens with one attached hydrogen (secondary N) is 1. The van der Waals surface area contributed by atoms with E-state index in [2.05, 4.69) is 5.32 Å². The van der Waals surface area contributed by atoms with E-state index in [0.29, 0.717) is 12.8 Å². The van der Waals surface area contributed by atoms with E-state index >= 15 is 0 Å². The predicted molar refractivity (Wildman–Crippen MR) is 116 cm³/mol. The average molecular weight is 394 g/mol. The van der Waals surface area contributed by atoms with Crippen LogP contribution in [0.25, 0.3) is 0 Å². The first-order chi connectivity index (χ1) is 14.1. The first kappa shape index (κ1) is 21.1. The van der Waals surface area contributed by atoms with Crippen molar-refractivity contribution in [2.24, 2.45) is 0 Å². The second-order valence-electron chi connectivity index (χ2n) is 7.72. The highest BCUT2D eigenvalue weighted by Crippen LogP contribution is 2.17. The third-order valence-electron chi connectivity index (χ3n) is 5.72. The Labute approximate surface area is 173 Å². The zero-order valence-corrected chi connectivity index (χ0v) is 17.4. The summed E-state index contributed by atoms with van der Waals surface area (Å²) in [6.07, 6.45) is 3.19. The van der Waals surface area contributed by atoms with E-state index in [1.807, 2.05) is 65.6 Å². The van der Waals surface area contributed by atoms with Crippen LogP contribution < -0.4 is 5.32 Å². The number of nitrogens with zero attached hydrogens (tertiary/aromatic N) is 2. The Morgan fingerprint density at radius 1 is 0.931 bits per heavy atom. The molecule has 0 spiro atoms. The highest BCUT2D eigenvalue weighted by Gasteiger charge is 2.34. The molecule has 1 heterocycles.